The number of rotatable bonds is 10. The molecule has 0 aromatic carbocycles. The van der Waals surface area contributed by atoms with E-state index < -0.39 is 35.4 Å². The molecule has 15 aliphatic rings. The van der Waals surface area contributed by atoms with Crippen LogP contribution in [-0.2, 0) is 37.2 Å². The SMILES string of the molecule is CC.CC.CC(C)C[C@@H](Cl)B1O[C@@H]2C[C@@H]3C[C@@H](C3(C)C)[C@]2(C)O1.CC(C)C[C@@H](N)B1O[C@@H]2C[C@@H]3C[C@@H](C3(C)C)[C@]2(C)O1.CC1(C)[C@@H]2C[C@@H](O)[C@@](C)(O)[C@H]1C2.CC1(C)[C@@H]2C[C@H]3OB(C(Cl)Cl)O[C@@]3(C)[C@H]1C2.COB(OC)C(Cl)Cl.C[N-]C.Cl.[Br-].[CH2-]C(C)C.[Li+].[Mg+2].[SiH4].[SiH4]. The van der Waals surface area contributed by atoms with Crippen LogP contribution in [0.4, 0.5) is 0 Å². The summed E-state index contributed by atoms with van der Waals surface area (Å²) in [5, 5.41) is 23.1. The minimum atomic E-state index is -0.849. The van der Waals surface area contributed by atoms with Crippen molar-refractivity contribution >= 4 is 144 Å². The Morgan fingerprint density at radius 1 is 0.560 bits per heavy atom. The first kappa shape index (κ1) is 101. The van der Waals surface area contributed by atoms with E-state index in [0.29, 0.717) is 63.6 Å². The molecule has 3 saturated heterocycles. The van der Waals surface area contributed by atoms with Gasteiger partial charge in [-0.25, -0.2) is 0 Å². The van der Waals surface area contributed by atoms with Crippen molar-refractivity contribution in [1.29, 1.82) is 0 Å². The molecule has 0 aromatic heterocycles. The van der Waals surface area contributed by atoms with Crippen molar-refractivity contribution in [3.05, 3.63) is 12.2 Å². The van der Waals surface area contributed by atoms with Crippen LogP contribution in [0, 0.1) is 93.7 Å². The predicted molar refractivity (Wildman–Crippen MR) is 398 cm³/mol. The van der Waals surface area contributed by atoms with Crippen LogP contribution in [0.25, 0.3) is 5.32 Å². The van der Waals surface area contributed by atoms with E-state index in [-0.39, 0.29) is 159 Å². The van der Waals surface area contributed by atoms with Gasteiger partial charge >= 0.3 is 70.4 Å². The summed E-state index contributed by atoms with van der Waals surface area (Å²) < 4.78 is 45.0. The maximum absolute atomic E-state index is 10.0. The first-order valence-electron chi connectivity index (χ1n) is 32.8. The average molecular weight is 1510 g/mol. The molecule has 12 aliphatic carbocycles. The Labute approximate surface area is 638 Å². The molecule has 4 N–H and O–H groups in total. The largest absolute Gasteiger partial charge is 2.00 e. The zero-order valence-electron chi connectivity index (χ0n) is 60.6. The second-order valence-corrected chi connectivity index (χ2v) is 33.5. The third kappa shape index (κ3) is 22.7. The number of fused-ring (bicyclic) bond motifs is 2. The van der Waals surface area contributed by atoms with Gasteiger partial charge in [-0.3, -0.25) is 0 Å². The fourth-order valence-electron chi connectivity index (χ4n) is 16.8. The van der Waals surface area contributed by atoms with Gasteiger partial charge in [-0.15, -0.1) is 70.4 Å². The van der Waals surface area contributed by atoms with E-state index in [4.69, 9.17) is 91.7 Å². The maximum atomic E-state index is 10.0. The molecule has 18 atom stereocenters. The molecule has 3 aliphatic heterocycles. The molecule has 0 amide bonds. The van der Waals surface area contributed by atoms with Crippen LogP contribution in [-0.4, -0.2) is 179 Å². The second kappa shape index (κ2) is 41.3. The summed E-state index contributed by atoms with van der Waals surface area (Å²) in [4.78, 5) is 0. The number of hydrogen-bond acceptors (Lipinski definition) is 11. The van der Waals surface area contributed by atoms with Gasteiger partial charge in [-0.1, -0.05) is 125 Å². The predicted octanol–water partition coefficient (Wildman–Crippen LogP) is 7.16. The normalized spacial score (nSPS) is 36.5. The number of nitrogens with two attached hydrogens (primary N) is 1. The van der Waals surface area contributed by atoms with Crippen molar-refractivity contribution in [2.45, 2.75) is 284 Å². The third-order valence-corrected chi connectivity index (χ3v) is 23.4. The molecule has 530 valence electrons. The molecule has 12 saturated carbocycles. The minimum Gasteiger partial charge on any atom is -1.00 e. The second-order valence-electron chi connectivity index (χ2n) is 30.6. The van der Waals surface area contributed by atoms with E-state index in [1.165, 1.54) is 33.5 Å². The Hall–Kier alpha value is 3.80. The molecule has 12 nitrogen and oxygen atoms in total. The van der Waals surface area contributed by atoms with Gasteiger partial charge in [0.1, 0.15) is 9.47 Å². The molecule has 15 rings (SSSR count). The molecular formula is C64H132B4BrCl6LiMgN2O10Si2. The summed E-state index contributed by atoms with van der Waals surface area (Å²) in [6.45, 7) is 51.6. The monoisotopic (exact) mass is 1510 g/mol. The Bertz CT molecular complexity index is 1970. The smallest absolute Gasteiger partial charge is 1.00 e. The minimum absolute atomic E-state index is 0. The van der Waals surface area contributed by atoms with Crippen LogP contribution < -0.4 is 41.6 Å². The Morgan fingerprint density at radius 2 is 0.835 bits per heavy atom. The van der Waals surface area contributed by atoms with Gasteiger partial charge in [0.2, 0.25) is 0 Å². The number of halogens is 7. The fraction of sp³-hybridized carbons (Fsp3) is 0.984. The molecular weight excluding hydrogens is 1380 g/mol. The van der Waals surface area contributed by atoms with Gasteiger partial charge in [0, 0.05) is 20.2 Å². The first-order chi connectivity index (χ1) is 39.1. The topological polar surface area (TPSA) is 154 Å². The molecule has 27 heteroatoms. The maximum Gasteiger partial charge on any atom is 2.00 e. The Morgan fingerprint density at radius 3 is 1.09 bits per heavy atom. The van der Waals surface area contributed by atoms with Crippen LogP contribution in [0.1, 0.15) is 217 Å². The summed E-state index contributed by atoms with van der Waals surface area (Å²) >= 11 is 28.9. The van der Waals surface area contributed by atoms with E-state index in [9.17, 15) is 10.2 Å². The van der Waals surface area contributed by atoms with Crippen LogP contribution in [0.5, 0.6) is 0 Å². The van der Waals surface area contributed by atoms with Crippen LogP contribution >= 0.6 is 70.4 Å². The van der Waals surface area contributed by atoms with Crippen molar-refractivity contribution in [2.75, 3.05) is 28.3 Å². The van der Waals surface area contributed by atoms with E-state index in [1.54, 1.807) is 21.0 Å². The standard InChI is InChI=1S/C15H26BClO2.C15H28BNO2.C11H17BCl2O2.C10H18O2.C4H9.C3H7BCl2O2.C2H6N.2C2H6.BrH.ClH.Li.Mg.2H4Si/c2*1-9(2)6-13(17)16-18-12-8-10-7-11(14(10,3)4)15(12,5)19-16;1-10(2)6-4-7(10)11(3)8(5-6)15-12(16-11)9(13)14;1-9(2)6-4-7(9)10(3,12)8(11)5-6;1-4(2)3;1-7-4(8-2)3(5)6;1-3-2;2*1-2;;;;;;/h9-13H,6-8H2,1-5H3;9-13H,6-8,17H2,1-5H3;6-9H,4-5H2,1-3H3;6-8,11-12H,4-5H2,1-3H3;4H,1H2,2-3H3;3H,1-2H3;1-2H3;2*1-2H3;2*1H;;;2*1H4/q;;;;-1;;-1;;;;;+1;+2;;/p-1/t2*10-,11-,12+,13+,15-;6-,7-,8+,11-;6-,7-,8+,10-;;;;;;;;;;;/m0000.........../s1. The van der Waals surface area contributed by atoms with Crippen molar-refractivity contribution in [2.24, 2.45) is 92.5 Å². The van der Waals surface area contributed by atoms with Crippen molar-refractivity contribution in [3.63, 3.8) is 0 Å². The van der Waals surface area contributed by atoms with E-state index in [0.717, 1.165) is 62.7 Å². The summed E-state index contributed by atoms with van der Waals surface area (Å²) in [7, 11) is 5.08. The van der Waals surface area contributed by atoms with Crippen molar-refractivity contribution in [3.8, 4) is 0 Å². The van der Waals surface area contributed by atoms with Gasteiger partial charge < -0.3 is 82.4 Å². The number of aliphatic hydroxyl groups excluding tert-OH is 1. The Balaban J connectivity index is -0.000000501. The van der Waals surface area contributed by atoms with Crippen LogP contribution in [0.3, 0.4) is 0 Å². The zero-order valence-corrected chi connectivity index (χ0v) is 68.2. The van der Waals surface area contributed by atoms with Crippen LogP contribution in [0.15, 0.2) is 0 Å². The summed E-state index contributed by atoms with van der Waals surface area (Å²) in [6.07, 6.45) is 11.2. The van der Waals surface area contributed by atoms with Crippen molar-refractivity contribution in [1.82, 2.24) is 0 Å². The van der Waals surface area contributed by atoms with Gasteiger partial charge in [0.25, 0.3) is 0 Å². The fourth-order valence-corrected chi connectivity index (χ4v) is 17.9. The molecule has 0 unspecified atom stereocenters. The molecule has 0 radical (unpaired) electrons. The molecule has 0 spiro atoms. The van der Waals surface area contributed by atoms with Crippen molar-refractivity contribution < 1.29 is 83.3 Å². The Kier molecular flexibility index (Phi) is 45.9. The molecule has 15 fully saturated rings. The third-order valence-electron chi connectivity index (χ3n) is 22.2. The molecule has 91 heavy (non-hydrogen) atoms. The zero-order chi connectivity index (χ0) is 65.7. The van der Waals surface area contributed by atoms with Gasteiger partial charge in [0.05, 0.1) is 52.1 Å². The quantitative estimate of drug-likeness (QED) is 0.116. The summed E-state index contributed by atoms with van der Waals surface area (Å²) in [5.41, 5.74) is 6.43. The van der Waals surface area contributed by atoms with E-state index >= 15 is 0 Å². The van der Waals surface area contributed by atoms with Gasteiger partial charge in [-0.2, -0.15) is 20.0 Å². The molecule has 8 bridgehead atoms. The number of alkyl halides is 5. The van der Waals surface area contributed by atoms with E-state index in [2.05, 4.69) is 139 Å². The summed E-state index contributed by atoms with van der Waals surface area (Å²) in [6, 6.07) is 0. The molecule has 0 aromatic rings. The van der Waals surface area contributed by atoms with Gasteiger partial charge in [-0.05, 0) is 195 Å². The number of nitrogens with zero attached hydrogens (tertiary/aromatic N) is 1. The summed E-state index contributed by atoms with van der Waals surface area (Å²) in [5.74, 6) is 6.85. The molecule has 3 heterocycles. The first-order valence-corrected chi connectivity index (χ1v) is 35.0. The number of hydrogen-bond donors (Lipinski definition) is 3. The van der Waals surface area contributed by atoms with Gasteiger partial charge in [0.15, 0.2) is 0 Å². The van der Waals surface area contributed by atoms with E-state index in [1.807, 2.05) is 27.7 Å². The van der Waals surface area contributed by atoms with Crippen LogP contribution in [0.2, 0.25) is 0 Å². The average Bonchev–Trinajstić information content (AvgIpc) is 1.71. The number of aliphatic hydroxyl groups is 2.